The van der Waals surface area contributed by atoms with E-state index in [0.29, 0.717) is 10.0 Å². The largest absolute Gasteiger partial charge is 0.319 e. The number of hydrogen-bond acceptors (Lipinski definition) is 1. The van der Waals surface area contributed by atoms with Crippen molar-refractivity contribution in [3.63, 3.8) is 0 Å². The maximum Gasteiger partial charge on any atom is 0.257 e. The molecule has 0 fully saturated rings. The van der Waals surface area contributed by atoms with E-state index < -0.39 is 11.7 Å². The molecule has 98 valence electrons. The highest BCUT2D eigenvalue weighted by molar-refractivity contribution is 6.37. The molecular weight excluding hydrogens is 312 g/mol. The van der Waals surface area contributed by atoms with Crippen molar-refractivity contribution in [3.8, 4) is 0 Å². The van der Waals surface area contributed by atoms with Crippen molar-refractivity contribution < 1.29 is 9.18 Å². The van der Waals surface area contributed by atoms with Gasteiger partial charge in [-0.05, 0) is 36.4 Å². The molecule has 0 spiro atoms. The highest BCUT2D eigenvalue weighted by atomic mass is 35.5. The Labute approximate surface area is 124 Å². The molecule has 19 heavy (non-hydrogen) atoms. The number of carbonyl (C=O) groups excluding carboxylic acids is 1. The highest BCUT2D eigenvalue weighted by Crippen LogP contribution is 2.24. The van der Waals surface area contributed by atoms with Gasteiger partial charge in [0, 0.05) is 10.0 Å². The molecule has 6 heteroatoms. The van der Waals surface area contributed by atoms with Gasteiger partial charge in [-0.2, -0.15) is 0 Å². The van der Waals surface area contributed by atoms with E-state index in [9.17, 15) is 9.18 Å². The predicted molar refractivity (Wildman–Crippen MR) is 75.8 cm³/mol. The highest BCUT2D eigenvalue weighted by Gasteiger charge is 2.13. The quantitative estimate of drug-likeness (QED) is 0.826. The second-order valence-corrected chi connectivity index (χ2v) is 4.98. The molecule has 2 nitrogen and oxygen atoms in total. The van der Waals surface area contributed by atoms with Gasteiger partial charge in [-0.25, -0.2) is 4.39 Å². The first-order valence-electron chi connectivity index (χ1n) is 5.19. The number of rotatable bonds is 2. The summed E-state index contributed by atoms with van der Waals surface area (Å²) in [4.78, 5) is 12.0. The van der Waals surface area contributed by atoms with E-state index in [0.717, 1.165) is 0 Å². The maximum atomic E-state index is 13.5. The summed E-state index contributed by atoms with van der Waals surface area (Å²) in [5.41, 5.74) is 0.189. The van der Waals surface area contributed by atoms with Gasteiger partial charge in [0.1, 0.15) is 5.82 Å². The lowest BCUT2D eigenvalue weighted by Gasteiger charge is -2.08. The zero-order chi connectivity index (χ0) is 14.0. The van der Waals surface area contributed by atoms with Gasteiger partial charge in [-0.1, -0.05) is 34.8 Å². The van der Waals surface area contributed by atoms with Gasteiger partial charge in [0.2, 0.25) is 0 Å². The van der Waals surface area contributed by atoms with E-state index in [1.807, 2.05) is 0 Å². The van der Waals surface area contributed by atoms with Crippen molar-refractivity contribution in [1.29, 1.82) is 0 Å². The minimum Gasteiger partial charge on any atom is -0.319 e. The maximum absolute atomic E-state index is 13.5. The number of nitrogens with one attached hydrogen (secondary N) is 1. The van der Waals surface area contributed by atoms with E-state index in [1.54, 1.807) is 0 Å². The van der Waals surface area contributed by atoms with Crippen LogP contribution in [0.1, 0.15) is 10.4 Å². The summed E-state index contributed by atoms with van der Waals surface area (Å²) in [6.45, 7) is 0. The lowest BCUT2D eigenvalue weighted by atomic mass is 10.2. The van der Waals surface area contributed by atoms with E-state index in [1.165, 1.54) is 36.4 Å². The first kappa shape index (κ1) is 14.1. The summed E-state index contributed by atoms with van der Waals surface area (Å²) >= 11 is 17.4. The summed E-state index contributed by atoms with van der Waals surface area (Å²) in [6, 6.07) is 8.30. The third kappa shape index (κ3) is 3.38. The van der Waals surface area contributed by atoms with Crippen LogP contribution in [0.3, 0.4) is 0 Å². The zero-order valence-corrected chi connectivity index (χ0v) is 11.7. The molecule has 0 saturated carbocycles. The second-order valence-electron chi connectivity index (χ2n) is 3.70. The lowest BCUT2D eigenvalue weighted by Crippen LogP contribution is -2.13. The summed E-state index contributed by atoms with van der Waals surface area (Å²) < 4.78 is 13.5. The molecule has 0 atom stereocenters. The van der Waals surface area contributed by atoms with Crippen LogP contribution in [-0.4, -0.2) is 5.91 Å². The smallest absolute Gasteiger partial charge is 0.257 e. The van der Waals surface area contributed by atoms with Gasteiger partial charge in [0.25, 0.3) is 5.91 Å². The van der Waals surface area contributed by atoms with E-state index >= 15 is 0 Å². The SMILES string of the molecule is O=C(Nc1cc(Cl)ccc1F)c1ccc(Cl)cc1Cl. The number of carbonyl (C=O) groups is 1. The fourth-order valence-corrected chi connectivity index (χ4v) is 2.12. The molecule has 0 saturated heterocycles. The van der Waals surface area contributed by atoms with Crippen LogP contribution in [0.15, 0.2) is 36.4 Å². The number of amides is 1. The topological polar surface area (TPSA) is 29.1 Å². The molecule has 0 aliphatic rings. The standard InChI is InChI=1S/C13H7Cl3FNO/c14-7-1-3-9(10(16)5-7)13(19)18-12-6-8(15)2-4-11(12)17/h1-6H,(H,18,19). The Kier molecular flexibility index (Phi) is 4.30. The molecule has 1 N–H and O–H groups in total. The molecule has 0 bridgehead atoms. The van der Waals surface area contributed by atoms with Crippen LogP contribution in [0.25, 0.3) is 0 Å². The molecule has 2 rings (SSSR count). The molecule has 1 amide bonds. The Bertz CT molecular complexity index is 646. The third-order valence-corrected chi connectivity index (χ3v) is 3.14. The van der Waals surface area contributed by atoms with E-state index in [4.69, 9.17) is 34.8 Å². The van der Waals surface area contributed by atoms with Crippen molar-refractivity contribution in [2.75, 3.05) is 5.32 Å². The molecule has 2 aromatic carbocycles. The second kappa shape index (κ2) is 5.78. The van der Waals surface area contributed by atoms with Crippen LogP contribution < -0.4 is 5.32 Å². The Hall–Kier alpha value is -1.29. The molecule has 0 radical (unpaired) electrons. The van der Waals surface area contributed by atoms with Crippen molar-refractivity contribution >= 4 is 46.4 Å². The van der Waals surface area contributed by atoms with Gasteiger partial charge in [-0.15, -0.1) is 0 Å². The van der Waals surface area contributed by atoms with Crippen LogP contribution in [0.5, 0.6) is 0 Å². The predicted octanol–water partition coefficient (Wildman–Crippen LogP) is 5.04. The fourth-order valence-electron chi connectivity index (χ4n) is 1.46. The number of halogens is 4. The summed E-state index contributed by atoms with van der Waals surface area (Å²) in [6.07, 6.45) is 0. The van der Waals surface area contributed by atoms with Crippen LogP contribution in [-0.2, 0) is 0 Å². The van der Waals surface area contributed by atoms with Gasteiger partial charge >= 0.3 is 0 Å². The number of benzene rings is 2. The molecular formula is C13H7Cl3FNO. The van der Waals surface area contributed by atoms with Crippen LogP contribution in [0, 0.1) is 5.82 Å². The molecule has 0 unspecified atom stereocenters. The van der Waals surface area contributed by atoms with Gasteiger partial charge in [-0.3, -0.25) is 4.79 Å². The first-order chi connectivity index (χ1) is 8.97. The van der Waals surface area contributed by atoms with Crippen LogP contribution in [0.4, 0.5) is 10.1 Å². The Morgan fingerprint density at radius 3 is 2.32 bits per heavy atom. The Morgan fingerprint density at radius 1 is 1.00 bits per heavy atom. The van der Waals surface area contributed by atoms with Gasteiger partial charge < -0.3 is 5.32 Å². The lowest BCUT2D eigenvalue weighted by molar-refractivity contribution is 0.102. The van der Waals surface area contributed by atoms with Crippen LogP contribution >= 0.6 is 34.8 Å². The van der Waals surface area contributed by atoms with Crippen molar-refractivity contribution in [2.24, 2.45) is 0 Å². The number of hydrogen-bond donors (Lipinski definition) is 1. The molecule has 2 aromatic rings. The molecule has 0 aliphatic heterocycles. The zero-order valence-electron chi connectivity index (χ0n) is 9.38. The van der Waals surface area contributed by atoms with Crippen LogP contribution in [0.2, 0.25) is 15.1 Å². The van der Waals surface area contributed by atoms with Gasteiger partial charge in [0.15, 0.2) is 0 Å². The minimum absolute atomic E-state index is 0.0106. The molecule has 0 aromatic heterocycles. The van der Waals surface area contributed by atoms with Crippen molar-refractivity contribution in [2.45, 2.75) is 0 Å². The van der Waals surface area contributed by atoms with E-state index in [2.05, 4.69) is 5.32 Å². The summed E-state index contributed by atoms with van der Waals surface area (Å²) in [5, 5.41) is 3.32. The monoisotopic (exact) mass is 317 g/mol. The van der Waals surface area contributed by atoms with Crippen molar-refractivity contribution in [1.82, 2.24) is 0 Å². The average Bonchev–Trinajstić information content (AvgIpc) is 2.33. The van der Waals surface area contributed by atoms with E-state index in [-0.39, 0.29) is 16.3 Å². The molecule has 0 aliphatic carbocycles. The Morgan fingerprint density at radius 2 is 1.63 bits per heavy atom. The summed E-state index contributed by atoms with van der Waals surface area (Å²) in [5.74, 6) is -1.12. The molecule has 0 heterocycles. The normalized spacial score (nSPS) is 10.3. The first-order valence-corrected chi connectivity index (χ1v) is 6.32. The fraction of sp³-hybridized carbons (Fsp3) is 0. The third-order valence-electron chi connectivity index (χ3n) is 2.35. The van der Waals surface area contributed by atoms with Crippen molar-refractivity contribution in [3.05, 3.63) is 62.8 Å². The number of anilines is 1. The summed E-state index contributed by atoms with van der Waals surface area (Å²) in [7, 11) is 0. The Balaban J connectivity index is 2.28. The van der Waals surface area contributed by atoms with Gasteiger partial charge in [0.05, 0.1) is 16.3 Å². The average molecular weight is 319 g/mol. The minimum atomic E-state index is -0.581.